The molecule has 4 amide bonds. The third-order valence-electron chi connectivity index (χ3n) is 8.28. The van der Waals surface area contributed by atoms with Crippen LogP contribution in [-0.2, 0) is 31.3 Å². The molecule has 0 unspecified atom stereocenters. The van der Waals surface area contributed by atoms with E-state index in [2.05, 4.69) is 19.2 Å². The number of carbonyl (C=O) groups excluding carboxylic acids is 4. The second kappa shape index (κ2) is 9.98. The van der Waals surface area contributed by atoms with E-state index in [9.17, 15) is 19.2 Å². The monoisotopic (exact) mass is 516 g/mol. The van der Waals surface area contributed by atoms with Crippen molar-refractivity contribution in [2.75, 3.05) is 24.5 Å². The van der Waals surface area contributed by atoms with Gasteiger partial charge in [0.1, 0.15) is 12.1 Å². The van der Waals surface area contributed by atoms with Crippen LogP contribution in [0.15, 0.2) is 54.6 Å². The molecule has 2 saturated heterocycles. The Balaban J connectivity index is 1.58. The standard InChI is InChI=1S/C30H36N4O4/c1-5-32(6-2)24(35)18-33-23-15-11-10-14-21(23)30(29(33)38)26-25(22(31-30)16-19(3)4)27(36)34(28(26)37)17-20-12-8-7-9-13-20/h7-15,19,22,25-26,31H,5-6,16-18H2,1-4H3/t22-,25+,26+,30-/m0/s1. The molecule has 2 aromatic rings. The van der Waals surface area contributed by atoms with Gasteiger partial charge in [-0.3, -0.25) is 29.4 Å². The summed E-state index contributed by atoms with van der Waals surface area (Å²) in [7, 11) is 0. The molecule has 3 aliphatic heterocycles. The second-order valence-electron chi connectivity index (χ2n) is 10.9. The van der Waals surface area contributed by atoms with Gasteiger partial charge in [-0.05, 0) is 37.8 Å². The third-order valence-corrected chi connectivity index (χ3v) is 8.28. The van der Waals surface area contributed by atoms with Crippen molar-refractivity contribution in [1.29, 1.82) is 0 Å². The highest BCUT2D eigenvalue weighted by Gasteiger charge is 2.71. The summed E-state index contributed by atoms with van der Waals surface area (Å²) in [6.45, 7) is 9.13. The Morgan fingerprint density at radius 2 is 1.61 bits per heavy atom. The van der Waals surface area contributed by atoms with Gasteiger partial charge in [-0.15, -0.1) is 0 Å². The Bertz CT molecular complexity index is 1260. The molecule has 0 radical (unpaired) electrons. The summed E-state index contributed by atoms with van der Waals surface area (Å²) in [5.41, 5.74) is 0.765. The van der Waals surface area contributed by atoms with Crippen molar-refractivity contribution in [2.45, 2.75) is 52.2 Å². The number of likely N-dealkylation sites (N-methyl/N-ethyl adjacent to an activating group) is 1. The fourth-order valence-electron chi connectivity index (χ4n) is 6.61. The van der Waals surface area contributed by atoms with Crippen LogP contribution in [0.4, 0.5) is 5.69 Å². The van der Waals surface area contributed by atoms with Crippen molar-refractivity contribution in [3.63, 3.8) is 0 Å². The van der Waals surface area contributed by atoms with Crippen LogP contribution in [-0.4, -0.2) is 59.1 Å². The van der Waals surface area contributed by atoms with Crippen molar-refractivity contribution < 1.29 is 19.2 Å². The largest absolute Gasteiger partial charge is 0.342 e. The Morgan fingerprint density at radius 1 is 0.947 bits per heavy atom. The smallest absolute Gasteiger partial charge is 0.253 e. The number of fused-ring (bicyclic) bond motifs is 4. The maximum absolute atomic E-state index is 14.4. The minimum Gasteiger partial charge on any atom is -0.342 e. The number of carbonyl (C=O) groups is 4. The average Bonchev–Trinajstić information content (AvgIpc) is 3.45. The molecule has 3 heterocycles. The van der Waals surface area contributed by atoms with E-state index in [4.69, 9.17) is 0 Å². The van der Waals surface area contributed by atoms with Gasteiger partial charge in [0.05, 0.1) is 18.4 Å². The lowest BCUT2D eigenvalue weighted by molar-refractivity contribution is -0.143. The number of nitrogens with zero attached hydrogens (tertiary/aromatic N) is 3. The molecule has 8 heteroatoms. The number of para-hydroxylation sites is 1. The molecule has 1 N–H and O–H groups in total. The van der Waals surface area contributed by atoms with Crippen LogP contribution >= 0.6 is 0 Å². The molecule has 1 spiro atoms. The predicted octanol–water partition coefficient (Wildman–Crippen LogP) is 2.92. The van der Waals surface area contributed by atoms with E-state index in [1.807, 2.05) is 68.4 Å². The van der Waals surface area contributed by atoms with Crippen LogP contribution in [0.3, 0.4) is 0 Å². The first-order valence-electron chi connectivity index (χ1n) is 13.6. The van der Waals surface area contributed by atoms with Crippen LogP contribution in [0.2, 0.25) is 0 Å². The summed E-state index contributed by atoms with van der Waals surface area (Å²) in [6, 6.07) is 16.5. The Kier molecular flexibility index (Phi) is 6.86. The first-order valence-corrected chi connectivity index (χ1v) is 13.6. The summed E-state index contributed by atoms with van der Waals surface area (Å²) >= 11 is 0. The van der Waals surface area contributed by atoms with E-state index in [0.29, 0.717) is 30.8 Å². The number of hydrogen-bond acceptors (Lipinski definition) is 5. The van der Waals surface area contributed by atoms with Crippen LogP contribution in [0.5, 0.6) is 0 Å². The molecular weight excluding hydrogens is 480 g/mol. The molecule has 200 valence electrons. The van der Waals surface area contributed by atoms with Crippen LogP contribution < -0.4 is 10.2 Å². The zero-order valence-electron chi connectivity index (χ0n) is 22.5. The fourth-order valence-corrected chi connectivity index (χ4v) is 6.61. The molecule has 38 heavy (non-hydrogen) atoms. The number of nitrogens with one attached hydrogen (secondary N) is 1. The normalized spacial score (nSPS) is 26.0. The van der Waals surface area contributed by atoms with Gasteiger partial charge in [-0.2, -0.15) is 0 Å². The molecule has 0 bridgehead atoms. The Hall–Kier alpha value is -3.52. The molecule has 3 aliphatic rings. The van der Waals surface area contributed by atoms with Gasteiger partial charge < -0.3 is 9.80 Å². The van der Waals surface area contributed by atoms with E-state index in [1.54, 1.807) is 4.90 Å². The van der Waals surface area contributed by atoms with Crippen molar-refractivity contribution in [2.24, 2.45) is 17.8 Å². The number of benzene rings is 2. The summed E-state index contributed by atoms with van der Waals surface area (Å²) in [5.74, 6) is -2.31. The fraction of sp³-hybridized carbons (Fsp3) is 0.467. The third kappa shape index (κ3) is 3.93. The van der Waals surface area contributed by atoms with E-state index in [1.165, 1.54) is 9.80 Å². The minimum absolute atomic E-state index is 0.108. The summed E-state index contributed by atoms with van der Waals surface area (Å²) in [6.07, 6.45) is 0.648. The zero-order chi connectivity index (χ0) is 27.2. The maximum Gasteiger partial charge on any atom is 0.253 e. The Labute approximate surface area is 224 Å². The van der Waals surface area contributed by atoms with Crippen LogP contribution in [0.25, 0.3) is 0 Å². The summed E-state index contributed by atoms with van der Waals surface area (Å²) in [4.78, 5) is 60.0. The van der Waals surface area contributed by atoms with Crippen molar-refractivity contribution in [3.8, 4) is 0 Å². The van der Waals surface area contributed by atoms with Crippen molar-refractivity contribution in [3.05, 3.63) is 65.7 Å². The van der Waals surface area contributed by atoms with Gasteiger partial charge in [0.25, 0.3) is 5.91 Å². The molecule has 0 aliphatic carbocycles. The first kappa shape index (κ1) is 26.1. The zero-order valence-corrected chi connectivity index (χ0v) is 22.5. The van der Waals surface area contributed by atoms with E-state index >= 15 is 0 Å². The van der Waals surface area contributed by atoms with Gasteiger partial charge >= 0.3 is 0 Å². The number of imide groups is 1. The molecular formula is C30H36N4O4. The average molecular weight is 517 g/mol. The highest BCUT2D eigenvalue weighted by molar-refractivity contribution is 6.17. The number of amides is 4. The van der Waals surface area contributed by atoms with E-state index < -0.39 is 17.4 Å². The van der Waals surface area contributed by atoms with Gasteiger partial charge in [0.2, 0.25) is 17.7 Å². The van der Waals surface area contributed by atoms with Gasteiger partial charge in [-0.25, -0.2) is 0 Å². The van der Waals surface area contributed by atoms with Crippen molar-refractivity contribution >= 4 is 29.3 Å². The van der Waals surface area contributed by atoms with Gasteiger partial charge in [-0.1, -0.05) is 62.4 Å². The molecule has 5 rings (SSSR count). The predicted molar refractivity (Wildman–Crippen MR) is 144 cm³/mol. The van der Waals surface area contributed by atoms with E-state index in [-0.39, 0.29) is 48.7 Å². The quantitative estimate of drug-likeness (QED) is 0.545. The SMILES string of the molecule is CCN(CC)C(=O)CN1C(=O)[C@]2(N[C@@H](CC(C)C)[C@H]3C(=O)N(Cc4ccccc4)C(=O)[C@@H]32)c2ccccc21. The van der Waals surface area contributed by atoms with Gasteiger partial charge in [0.15, 0.2) is 0 Å². The maximum atomic E-state index is 14.4. The lowest BCUT2D eigenvalue weighted by Crippen LogP contribution is -2.56. The molecule has 4 atom stereocenters. The van der Waals surface area contributed by atoms with Crippen LogP contribution in [0.1, 0.15) is 45.2 Å². The van der Waals surface area contributed by atoms with Crippen LogP contribution in [0, 0.1) is 17.8 Å². The molecule has 8 nitrogen and oxygen atoms in total. The van der Waals surface area contributed by atoms with Crippen molar-refractivity contribution in [1.82, 2.24) is 15.1 Å². The molecule has 0 aromatic heterocycles. The first-order chi connectivity index (χ1) is 18.2. The van der Waals surface area contributed by atoms with E-state index in [0.717, 1.165) is 5.56 Å². The number of likely N-dealkylation sites (tertiary alicyclic amines) is 1. The minimum atomic E-state index is -1.39. The topological polar surface area (TPSA) is 90.0 Å². The lowest BCUT2D eigenvalue weighted by atomic mass is 9.76. The molecule has 0 saturated carbocycles. The highest BCUT2D eigenvalue weighted by Crippen LogP contribution is 2.55. The second-order valence-corrected chi connectivity index (χ2v) is 10.9. The summed E-state index contributed by atoms with van der Waals surface area (Å²) in [5, 5.41) is 3.53. The van der Waals surface area contributed by atoms with Gasteiger partial charge in [0, 0.05) is 30.4 Å². The number of rotatable bonds is 8. The number of anilines is 1. The Morgan fingerprint density at radius 3 is 2.26 bits per heavy atom. The highest BCUT2D eigenvalue weighted by atomic mass is 16.2. The lowest BCUT2D eigenvalue weighted by Gasteiger charge is -2.31. The molecule has 2 fully saturated rings. The molecule has 2 aromatic carbocycles. The number of hydrogen-bond donors (Lipinski definition) is 1. The summed E-state index contributed by atoms with van der Waals surface area (Å²) < 4.78 is 0.